The van der Waals surface area contributed by atoms with Crippen LogP contribution < -0.4 is 0 Å². The predicted molar refractivity (Wildman–Crippen MR) is 78.7 cm³/mol. The number of amides is 1. The molecule has 20 heavy (non-hydrogen) atoms. The van der Waals surface area contributed by atoms with E-state index in [9.17, 15) is 9.59 Å². The molecule has 0 spiro atoms. The van der Waals surface area contributed by atoms with Crippen LogP contribution in [0.15, 0.2) is 12.7 Å². The van der Waals surface area contributed by atoms with Crippen LogP contribution in [0.1, 0.15) is 46.5 Å². The van der Waals surface area contributed by atoms with E-state index in [-0.39, 0.29) is 12.0 Å². The van der Waals surface area contributed by atoms with Gasteiger partial charge < -0.3 is 14.7 Å². The molecule has 0 bridgehead atoms. The molecule has 0 aromatic rings. The van der Waals surface area contributed by atoms with Crippen LogP contribution in [-0.2, 0) is 9.53 Å². The van der Waals surface area contributed by atoms with Crippen LogP contribution in [-0.4, -0.2) is 41.3 Å². The van der Waals surface area contributed by atoms with Gasteiger partial charge in [0.25, 0.3) is 0 Å². The van der Waals surface area contributed by atoms with Crippen molar-refractivity contribution in [1.29, 1.82) is 0 Å². The van der Waals surface area contributed by atoms with E-state index in [1.54, 1.807) is 13.1 Å². The molecule has 0 fully saturated rings. The lowest BCUT2D eigenvalue weighted by atomic mass is 9.98. The van der Waals surface area contributed by atoms with Crippen molar-refractivity contribution in [2.24, 2.45) is 5.92 Å². The van der Waals surface area contributed by atoms with E-state index in [0.29, 0.717) is 32.2 Å². The van der Waals surface area contributed by atoms with Crippen LogP contribution in [0.25, 0.3) is 0 Å². The third-order valence-electron chi connectivity index (χ3n) is 2.82. The minimum Gasteiger partial charge on any atom is -0.481 e. The summed E-state index contributed by atoms with van der Waals surface area (Å²) in [6.45, 7) is 9.53. The van der Waals surface area contributed by atoms with Crippen molar-refractivity contribution >= 4 is 12.1 Å². The van der Waals surface area contributed by atoms with E-state index in [1.807, 2.05) is 20.8 Å². The monoisotopic (exact) mass is 285 g/mol. The molecule has 0 heterocycles. The summed E-state index contributed by atoms with van der Waals surface area (Å²) in [7, 11) is 1.66. The molecule has 5 heteroatoms. The van der Waals surface area contributed by atoms with Gasteiger partial charge in [0.2, 0.25) is 0 Å². The molecule has 0 rings (SSSR count). The van der Waals surface area contributed by atoms with Gasteiger partial charge in [0.1, 0.15) is 5.60 Å². The summed E-state index contributed by atoms with van der Waals surface area (Å²) in [6.07, 6.45) is 3.83. The Hall–Kier alpha value is -1.52. The van der Waals surface area contributed by atoms with Crippen molar-refractivity contribution in [2.45, 2.75) is 52.1 Å². The minimum absolute atomic E-state index is 0.375. The molecule has 0 aliphatic rings. The molecule has 116 valence electrons. The Morgan fingerprint density at radius 2 is 1.95 bits per heavy atom. The molecule has 0 aliphatic carbocycles. The molecule has 0 aromatic carbocycles. The number of carboxylic acids is 1. The Morgan fingerprint density at radius 3 is 2.40 bits per heavy atom. The van der Waals surface area contributed by atoms with Crippen molar-refractivity contribution < 1.29 is 19.4 Å². The number of ether oxygens (including phenoxy) is 1. The maximum Gasteiger partial charge on any atom is 0.410 e. The van der Waals surface area contributed by atoms with Gasteiger partial charge >= 0.3 is 12.1 Å². The van der Waals surface area contributed by atoms with E-state index in [4.69, 9.17) is 9.84 Å². The molecule has 0 aliphatic heterocycles. The van der Waals surface area contributed by atoms with E-state index < -0.39 is 11.6 Å². The summed E-state index contributed by atoms with van der Waals surface area (Å²) >= 11 is 0. The summed E-state index contributed by atoms with van der Waals surface area (Å²) < 4.78 is 5.23. The fourth-order valence-corrected chi connectivity index (χ4v) is 1.72. The molecule has 1 unspecified atom stereocenters. The zero-order valence-corrected chi connectivity index (χ0v) is 13.0. The third-order valence-corrected chi connectivity index (χ3v) is 2.82. The second-order valence-electron chi connectivity index (χ2n) is 5.95. The molecule has 1 N–H and O–H groups in total. The Bertz CT molecular complexity index is 333. The molecular weight excluding hydrogens is 258 g/mol. The Morgan fingerprint density at radius 1 is 1.35 bits per heavy atom. The van der Waals surface area contributed by atoms with Crippen LogP contribution in [0.3, 0.4) is 0 Å². The molecule has 0 aromatic heterocycles. The van der Waals surface area contributed by atoms with Gasteiger partial charge in [-0.05, 0) is 46.5 Å². The minimum atomic E-state index is -0.785. The first kappa shape index (κ1) is 18.5. The number of aliphatic carboxylic acids is 1. The highest BCUT2D eigenvalue weighted by atomic mass is 16.6. The van der Waals surface area contributed by atoms with Crippen molar-refractivity contribution in [1.82, 2.24) is 4.90 Å². The summed E-state index contributed by atoms with van der Waals surface area (Å²) in [5, 5.41) is 9.09. The lowest BCUT2D eigenvalue weighted by Crippen LogP contribution is -2.35. The normalized spacial score (nSPS) is 12.6. The van der Waals surface area contributed by atoms with Gasteiger partial charge in [-0.1, -0.05) is 6.08 Å². The zero-order valence-electron chi connectivity index (χ0n) is 13.0. The quantitative estimate of drug-likeness (QED) is 0.695. The summed E-state index contributed by atoms with van der Waals surface area (Å²) in [4.78, 5) is 24.3. The average Bonchev–Trinajstić information content (AvgIpc) is 2.30. The van der Waals surface area contributed by atoms with E-state index in [1.165, 1.54) is 4.90 Å². The first-order valence-corrected chi connectivity index (χ1v) is 6.95. The van der Waals surface area contributed by atoms with Crippen LogP contribution >= 0.6 is 0 Å². The lowest BCUT2D eigenvalue weighted by molar-refractivity contribution is -0.142. The van der Waals surface area contributed by atoms with E-state index in [2.05, 4.69) is 6.58 Å². The van der Waals surface area contributed by atoms with Gasteiger partial charge in [-0.25, -0.2) is 4.79 Å². The van der Waals surface area contributed by atoms with Gasteiger partial charge in [0.15, 0.2) is 0 Å². The van der Waals surface area contributed by atoms with Gasteiger partial charge in [-0.15, -0.1) is 6.58 Å². The van der Waals surface area contributed by atoms with Gasteiger partial charge in [0, 0.05) is 13.6 Å². The van der Waals surface area contributed by atoms with Gasteiger partial charge in [0.05, 0.1) is 5.92 Å². The van der Waals surface area contributed by atoms with Crippen LogP contribution in [0.5, 0.6) is 0 Å². The molecular formula is C15H27NO4. The molecule has 5 nitrogen and oxygen atoms in total. The number of carbonyl (C=O) groups excluding carboxylic acids is 1. The SMILES string of the molecule is C=CCCC(CCCN(C)C(=O)OC(C)(C)C)C(=O)O. The number of rotatable bonds is 8. The van der Waals surface area contributed by atoms with Crippen molar-refractivity contribution in [2.75, 3.05) is 13.6 Å². The standard InChI is InChI=1S/C15H27NO4/c1-6-7-9-12(13(17)18)10-8-11-16(5)14(19)20-15(2,3)4/h6,12H,1,7-11H2,2-5H3,(H,17,18). The number of hydrogen-bond donors (Lipinski definition) is 1. The Kier molecular flexibility index (Phi) is 7.96. The smallest absolute Gasteiger partial charge is 0.410 e. The van der Waals surface area contributed by atoms with Gasteiger partial charge in [-0.2, -0.15) is 0 Å². The lowest BCUT2D eigenvalue weighted by Gasteiger charge is -2.24. The highest BCUT2D eigenvalue weighted by molar-refractivity contribution is 5.70. The molecule has 0 saturated heterocycles. The summed E-state index contributed by atoms with van der Waals surface area (Å²) in [5.41, 5.74) is -0.515. The summed E-state index contributed by atoms with van der Waals surface area (Å²) in [5.74, 6) is -1.16. The Labute approximate surface area is 121 Å². The first-order valence-electron chi connectivity index (χ1n) is 6.95. The molecule has 1 atom stereocenters. The highest BCUT2D eigenvalue weighted by Gasteiger charge is 2.20. The molecule has 1 amide bonds. The largest absolute Gasteiger partial charge is 0.481 e. The maximum absolute atomic E-state index is 11.7. The average molecular weight is 285 g/mol. The first-order chi connectivity index (χ1) is 9.17. The molecule has 0 saturated carbocycles. The van der Waals surface area contributed by atoms with Crippen LogP contribution in [0.2, 0.25) is 0 Å². The van der Waals surface area contributed by atoms with Crippen molar-refractivity contribution in [3.63, 3.8) is 0 Å². The topological polar surface area (TPSA) is 66.8 Å². The third kappa shape index (κ3) is 8.56. The molecule has 0 radical (unpaired) electrons. The van der Waals surface area contributed by atoms with E-state index >= 15 is 0 Å². The van der Waals surface area contributed by atoms with Gasteiger partial charge in [-0.3, -0.25) is 4.79 Å². The highest BCUT2D eigenvalue weighted by Crippen LogP contribution is 2.15. The van der Waals surface area contributed by atoms with Crippen LogP contribution in [0.4, 0.5) is 4.79 Å². The number of nitrogens with zero attached hydrogens (tertiary/aromatic N) is 1. The zero-order chi connectivity index (χ0) is 15.8. The van der Waals surface area contributed by atoms with Crippen molar-refractivity contribution in [3.8, 4) is 0 Å². The maximum atomic E-state index is 11.7. The summed E-state index contributed by atoms with van der Waals surface area (Å²) in [6, 6.07) is 0. The fraction of sp³-hybridized carbons (Fsp3) is 0.733. The van der Waals surface area contributed by atoms with Crippen molar-refractivity contribution in [3.05, 3.63) is 12.7 Å². The van der Waals surface area contributed by atoms with Crippen LogP contribution in [0, 0.1) is 5.92 Å². The number of hydrogen-bond acceptors (Lipinski definition) is 3. The predicted octanol–water partition coefficient (Wildman–Crippen LogP) is 3.30. The second-order valence-corrected chi connectivity index (χ2v) is 5.95. The number of carbonyl (C=O) groups is 2. The number of allylic oxidation sites excluding steroid dienone is 1. The fourth-order valence-electron chi connectivity index (χ4n) is 1.72. The Balaban J connectivity index is 4.10. The number of carboxylic acid groups (broad SMARTS) is 1. The van der Waals surface area contributed by atoms with E-state index in [0.717, 1.165) is 0 Å². The second kappa shape index (κ2) is 8.61.